The average molecular weight is 1120 g/mol. The molecule has 0 aromatic carbocycles. The van der Waals surface area contributed by atoms with Gasteiger partial charge in [-0.05, 0) is 118 Å². The summed E-state index contributed by atoms with van der Waals surface area (Å²) in [5, 5.41) is 132. The molecule has 4 aliphatic heterocycles. The van der Waals surface area contributed by atoms with Crippen LogP contribution in [-0.2, 0) is 52.2 Å². The molecule has 446 valence electrons. The summed E-state index contributed by atoms with van der Waals surface area (Å²) in [6, 6.07) is 0. The molecule has 78 heavy (non-hydrogen) atoms. The van der Waals surface area contributed by atoms with Gasteiger partial charge >= 0.3 is 5.97 Å². The summed E-state index contributed by atoms with van der Waals surface area (Å²) in [5.41, 5.74) is -2.19. The highest BCUT2D eigenvalue weighted by Gasteiger charge is 2.70. The third kappa shape index (κ3) is 10.7. The van der Waals surface area contributed by atoms with E-state index in [4.69, 9.17) is 47.4 Å². The quantitative estimate of drug-likeness (QED) is 0.0475. The van der Waals surface area contributed by atoms with E-state index in [0.29, 0.717) is 63.9 Å². The number of hydrogen-bond donors (Lipinski definition) is 12. The summed E-state index contributed by atoms with van der Waals surface area (Å²) in [6.45, 7) is 6.37. The molecule has 4 heterocycles. The van der Waals surface area contributed by atoms with Crippen molar-refractivity contribution in [1.82, 2.24) is 0 Å². The van der Waals surface area contributed by atoms with Gasteiger partial charge in [0.25, 0.3) is 0 Å². The van der Waals surface area contributed by atoms with Crippen molar-refractivity contribution in [3.8, 4) is 0 Å². The molecule has 0 aromatic heterocycles. The van der Waals surface area contributed by atoms with Crippen molar-refractivity contribution in [2.24, 2.45) is 34.0 Å². The van der Waals surface area contributed by atoms with Crippen LogP contribution in [0, 0.1) is 34.0 Å². The maximum atomic E-state index is 14.7. The van der Waals surface area contributed by atoms with Gasteiger partial charge in [-0.2, -0.15) is 0 Å². The number of fused-ring (bicyclic) bond motifs is 3. The second kappa shape index (κ2) is 23.8. The number of rotatable bonds is 17. The Balaban J connectivity index is 0.880. The lowest BCUT2D eigenvalue weighted by atomic mass is 9.41. The van der Waals surface area contributed by atoms with E-state index in [0.717, 1.165) is 63.4 Å². The van der Waals surface area contributed by atoms with Crippen LogP contribution in [0.15, 0.2) is 12.2 Å². The van der Waals surface area contributed by atoms with Crippen LogP contribution >= 0.6 is 0 Å². The topological polar surface area (TPSA) is 352 Å². The molecule has 10 aliphatic rings. The molecule has 26 unspecified atom stereocenters. The molecule has 12 N–H and O–H groups in total. The molecule has 0 radical (unpaired) electrons. The summed E-state index contributed by atoms with van der Waals surface area (Å²) in [7, 11) is 0. The average Bonchev–Trinajstić information content (AvgIpc) is 4.30. The van der Waals surface area contributed by atoms with Crippen molar-refractivity contribution in [3.05, 3.63) is 12.2 Å². The van der Waals surface area contributed by atoms with Gasteiger partial charge in [0, 0.05) is 0 Å². The number of aliphatic hydroxyl groups is 12. The smallest absolute Gasteiger partial charge is 0.314 e. The third-order valence-corrected chi connectivity index (χ3v) is 20.7. The molecule has 2 bridgehead atoms. The zero-order valence-electron chi connectivity index (χ0n) is 45.0. The van der Waals surface area contributed by atoms with E-state index >= 15 is 0 Å². The highest BCUT2D eigenvalue weighted by atomic mass is 16.8. The molecule has 6 saturated carbocycles. The highest BCUT2D eigenvalue weighted by Crippen LogP contribution is 2.74. The number of aliphatic hydroxyl groups excluding tert-OH is 12. The fourth-order valence-corrected chi connectivity index (χ4v) is 16.5. The van der Waals surface area contributed by atoms with Crippen LogP contribution in [0.25, 0.3) is 0 Å². The SMILES string of the molecule is C=C1CC23CCC4C(C)(C(=O)OC5OC(CO)C(OCC6CCCC6)C(O)C5O)CCCC4(C)C2CCC1(OC1OC(CO)C(O)C(OC2OC(CO)C(OC4CCCC4)C(O)C2O)C1OC1OC(CO)C(O)C(O)C1O)C3. The summed E-state index contributed by atoms with van der Waals surface area (Å²) in [6.07, 6.45) is -18.6. The fraction of sp³-hybridized carbons (Fsp3) is 0.945. The van der Waals surface area contributed by atoms with Crippen LogP contribution in [0.5, 0.6) is 0 Å². The number of esters is 1. The normalized spacial score (nSPS) is 51.1. The second-order valence-electron chi connectivity index (χ2n) is 25.3. The van der Waals surface area contributed by atoms with E-state index in [1.54, 1.807) is 0 Å². The standard InChI is InChI=1S/C55H88O23/c1-26-19-54-17-13-33-52(2,15-8-16-53(33,3)51(68)77-49-41(66)38(63)43(31(22-58)73-49)69-24-27-9-4-5-10-27)34(54)14-18-55(26,25-54)78-50-46(76-47-40(65)37(62)35(60)29(20-56)71-47)45(36(61)30(21-57)72-50)75-48-42(67)39(64)44(32(23-59)74-48)70-28-11-6-7-12-28/h27-50,56-67H,1,4-25H2,2-3H3. The third-order valence-electron chi connectivity index (χ3n) is 20.7. The zero-order valence-corrected chi connectivity index (χ0v) is 45.0. The van der Waals surface area contributed by atoms with Crippen LogP contribution < -0.4 is 0 Å². The minimum absolute atomic E-state index is 0.0517. The molecule has 10 fully saturated rings. The lowest BCUT2D eigenvalue weighted by Crippen LogP contribution is -2.68. The van der Waals surface area contributed by atoms with Gasteiger partial charge in [-0.1, -0.05) is 45.6 Å². The summed E-state index contributed by atoms with van der Waals surface area (Å²) in [5.74, 6) is -0.355. The molecule has 10 rings (SSSR count). The van der Waals surface area contributed by atoms with Crippen molar-refractivity contribution >= 4 is 5.97 Å². The molecule has 6 aliphatic carbocycles. The molecule has 26 atom stereocenters. The molecule has 4 saturated heterocycles. The van der Waals surface area contributed by atoms with E-state index in [-0.39, 0.29) is 17.9 Å². The maximum Gasteiger partial charge on any atom is 0.314 e. The van der Waals surface area contributed by atoms with Crippen LogP contribution in [-0.4, -0.2) is 235 Å². The van der Waals surface area contributed by atoms with Gasteiger partial charge in [-0.3, -0.25) is 4.79 Å². The van der Waals surface area contributed by atoms with Gasteiger partial charge in [0.2, 0.25) is 6.29 Å². The highest BCUT2D eigenvalue weighted by molar-refractivity contribution is 5.77. The number of carbonyl (C=O) groups excluding carboxylic acids is 1. The Kier molecular flexibility index (Phi) is 18.2. The molecular weight excluding hydrogens is 1030 g/mol. The first-order valence-electron chi connectivity index (χ1n) is 28.9. The van der Waals surface area contributed by atoms with E-state index in [9.17, 15) is 66.1 Å². The lowest BCUT2D eigenvalue weighted by molar-refractivity contribution is -0.401. The van der Waals surface area contributed by atoms with E-state index < -0.39 is 177 Å². The minimum Gasteiger partial charge on any atom is -0.432 e. The predicted molar refractivity (Wildman–Crippen MR) is 266 cm³/mol. The lowest BCUT2D eigenvalue weighted by Gasteiger charge is -2.64. The van der Waals surface area contributed by atoms with Crippen molar-refractivity contribution in [2.75, 3.05) is 33.0 Å². The Morgan fingerprint density at radius 1 is 0.538 bits per heavy atom. The van der Waals surface area contributed by atoms with Gasteiger partial charge in [-0.15, -0.1) is 0 Å². The Morgan fingerprint density at radius 3 is 1.77 bits per heavy atom. The fourth-order valence-electron chi connectivity index (χ4n) is 16.5. The van der Waals surface area contributed by atoms with Gasteiger partial charge in [0.15, 0.2) is 18.9 Å². The van der Waals surface area contributed by atoms with E-state index in [1.807, 2.05) is 6.92 Å². The molecule has 23 heteroatoms. The van der Waals surface area contributed by atoms with Crippen LogP contribution in [0.2, 0.25) is 0 Å². The summed E-state index contributed by atoms with van der Waals surface area (Å²) < 4.78 is 62.4. The van der Waals surface area contributed by atoms with Crippen LogP contribution in [0.1, 0.15) is 123 Å². The van der Waals surface area contributed by atoms with Crippen molar-refractivity contribution in [1.29, 1.82) is 0 Å². The maximum absolute atomic E-state index is 14.7. The van der Waals surface area contributed by atoms with Gasteiger partial charge in [0.1, 0.15) is 97.7 Å². The Bertz CT molecular complexity index is 2040. The Labute approximate surface area is 455 Å². The van der Waals surface area contributed by atoms with Gasteiger partial charge < -0.3 is 109 Å². The minimum atomic E-state index is -1.93. The van der Waals surface area contributed by atoms with Crippen molar-refractivity contribution in [2.45, 2.75) is 258 Å². The Morgan fingerprint density at radius 2 is 1.09 bits per heavy atom. The number of hydrogen-bond acceptors (Lipinski definition) is 23. The first-order valence-corrected chi connectivity index (χ1v) is 28.9. The monoisotopic (exact) mass is 1120 g/mol. The first-order chi connectivity index (χ1) is 37.2. The number of carbonyl (C=O) groups is 1. The second-order valence-corrected chi connectivity index (χ2v) is 25.3. The molecular formula is C55H88O23. The van der Waals surface area contributed by atoms with Crippen molar-refractivity contribution in [3.63, 3.8) is 0 Å². The molecule has 1 spiro atoms. The summed E-state index contributed by atoms with van der Waals surface area (Å²) in [4.78, 5) is 14.7. The molecule has 0 amide bonds. The van der Waals surface area contributed by atoms with Gasteiger partial charge in [-0.25, -0.2) is 0 Å². The molecule has 0 aromatic rings. The Hall–Kier alpha value is -1.63. The molecule has 23 nitrogen and oxygen atoms in total. The first kappa shape index (κ1) is 59.5. The van der Waals surface area contributed by atoms with Gasteiger partial charge in [0.05, 0.1) is 50.2 Å². The summed E-state index contributed by atoms with van der Waals surface area (Å²) >= 11 is 0. The van der Waals surface area contributed by atoms with E-state index in [1.165, 1.54) is 0 Å². The van der Waals surface area contributed by atoms with E-state index in [2.05, 4.69) is 13.5 Å². The zero-order chi connectivity index (χ0) is 55.6. The number of ether oxygens (including phenoxy) is 10. The largest absolute Gasteiger partial charge is 0.432 e. The van der Waals surface area contributed by atoms with Crippen LogP contribution in [0.3, 0.4) is 0 Å². The van der Waals surface area contributed by atoms with Crippen LogP contribution in [0.4, 0.5) is 0 Å². The predicted octanol–water partition coefficient (Wildman–Crippen LogP) is -0.932. The van der Waals surface area contributed by atoms with Crippen molar-refractivity contribution < 1.29 is 113 Å².